The number of nitrogens with one attached hydrogen (secondary N) is 2. The number of aryl methyl sites for hydroxylation is 1. The van der Waals surface area contributed by atoms with Crippen molar-refractivity contribution in [1.82, 2.24) is 30.3 Å². The standard InChI is InChI=1S/C21H41N7/c1-6-22-21(23-13-10-16-27(17(2)3)18(4)5)24-14-12-20-26-25-19-11-8-7-9-15-28(19)20/h17-18H,6-16H2,1-5H3,(H2,22,23,24). The molecule has 1 aromatic rings. The van der Waals surface area contributed by atoms with Crippen molar-refractivity contribution in [2.75, 3.05) is 26.2 Å². The molecule has 0 spiro atoms. The molecule has 7 heteroatoms. The van der Waals surface area contributed by atoms with E-state index in [2.05, 4.69) is 64.9 Å². The van der Waals surface area contributed by atoms with E-state index in [0.717, 1.165) is 69.6 Å². The zero-order valence-corrected chi connectivity index (χ0v) is 18.7. The second-order valence-electron chi connectivity index (χ2n) is 8.21. The molecule has 2 rings (SSSR count). The highest BCUT2D eigenvalue weighted by Gasteiger charge is 2.14. The topological polar surface area (TPSA) is 70.4 Å². The third-order valence-electron chi connectivity index (χ3n) is 5.34. The van der Waals surface area contributed by atoms with Crippen LogP contribution in [0.4, 0.5) is 0 Å². The summed E-state index contributed by atoms with van der Waals surface area (Å²) in [6.07, 6.45) is 6.78. The molecule has 0 aliphatic carbocycles. The van der Waals surface area contributed by atoms with E-state index >= 15 is 0 Å². The zero-order valence-electron chi connectivity index (χ0n) is 18.7. The van der Waals surface area contributed by atoms with Gasteiger partial charge in [-0.25, -0.2) is 0 Å². The Bertz CT molecular complexity index is 584. The van der Waals surface area contributed by atoms with Gasteiger partial charge in [0.1, 0.15) is 11.6 Å². The van der Waals surface area contributed by atoms with Gasteiger partial charge < -0.3 is 15.2 Å². The van der Waals surface area contributed by atoms with E-state index in [4.69, 9.17) is 4.99 Å². The van der Waals surface area contributed by atoms with Crippen LogP contribution in [0, 0.1) is 0 Å². The van der Waals surface area contributed by atoms with Gasteiger partial charge in [0.15, 0.2) is 5.96 Å². The third kappa shape index (κ3) is 7.08. The van der Waals surface area contributed by atoms with Crippen molar-refractivity contribution in [3.05, 3.63) is 11.6 Å². The fraction of sp³-hybridized carbons (Fsp3) is 0.857. The van der Waals surface area contributed by atoms with E-state index < -0.39 is 0 Å². The van der Waals surface area contributed by atoms with Crippen LogP contribution in [0.2, 0.25) is 0 Å². The molecule has 0 amide bonds. The van der Waals surface area contributed by atoms with Crippen LogP contribution >= 0.6 is 0 Å². The quantitative estimate of drug-likeness (QED) is 0.364. The Kier molecular flexibility index (Phi) is 9.75. The number of rotatable bonds is 10. The highest BCUT2D eigenvalue weighted by Crippen LogP contribution is 2.14. The van der Waals surface area contributed by atoms with Crippen molar-refractivity contribution < 1.29 is 0 Å². The Balaban J connectivity index is 1.79. The predicted molar refractivity (Wildman–Crippen MR) is 117 cm³/mol. The highest BCUT2D eigenvalue weighted by molar-refractivity contribution is 5.79. The molecule has 0 bridgehead atoms. The van der Waals surface area contributed by atoms with Gasteiger partial charge in [-0.15, -0.1) is 10.2 Å². The molecule has 2 heterocycles. The molecule has 0 saturated carbocycles. The minimum absolute atomic E-state index is 0.577. The van der Waals surface area contributed by atoms with Gasteiger partial charge in [-0.05, 0) is 53.9 Å². The monoisotopic (exact) mass is 391 g/mol. The maximum Gasteiger partial charge on any atom is 0.191 e. The number of guanidine groups is 1. The van der Waals surface area contributed by atoms with Gasteiger partial charge in [0.25, 0.3) is 0 Å². The number of hydrogen-bond donors (Lipinski definition) is 2. The van der Waals surface area contributed by atoms with Crippen LogP contribution in [0.5, 0.6) is 0 Å². The average Bonchev–Trinajstić information content (AvgIpc) is 2.87. The smallest absolute Gasteiger partial charge is 0.191 e. The molecule has 160 valence electrons. The van der Waals surface area contributed by atoms with E-state index in [9.17, 15) is 0 Å². The summed E-state index contributed by atoms with van der Waals surface area (Å²) in [5, 5.41) is 15.6. The number of nitrogens with zero attached hydrogens (tertiary/aromatic N) is 5. The van der Waals surface area contributed by atoms with Crippen LogP contribution < -0.4 is 10.6 Å². The largest absolute Gasteiger partial charge is 0.357 e. The first-order valence-corrected chi connectivity index (χ1v) is 11.2. The van der Waals surface area contributed by atoms with Crippen molar-refractivity contribution in [1.29, 1.82) is 0 Å². The van der Waals surface area contributed by atoms with Crippen molar-refractivity contribution in [3.63, 3.8) is 0 Å². The van der Waals surface area contributed by atoms with Crippen LogP contribution in [0.3, 0.4) is 0 Å². The summed E-state index contributed by atoms with van der Waals surface area (Å²) in [6, 6.07) is 1.15. The fourth-order valence-electron chi connectivity index (χ4n) is 3.92. The van der Waals surface area contributed by atoms with Crippen molar-refractivity contribution in [2.45, 2.75) is 91.8 Å². The Hall–Kier alpha value is -1.63. The molecule has 7 nitrogen and oxygen atoms in total. The lowest BCUT2D eigenvalue weighted by Gasteiger charge is -2.30. The first-order valence-electron chi connectivity index (χ1n) is 11.2. The second-order valence-corrected chi connectivity index (χ2v) is 8.21. The first-order chi connectivity index (χ1) is 13.5. The molecule has 1 aliphatic rings. The number of hydrogen-bond acceptors (Lipinski definition) is 4. The average molecular weight is 392 g/mol. The van der Waals surface area contributed by atoms with Gasteiger partial charge in [0, 0.05) is 57.6 Å². The normalized spacial score (nSPS) is 15.2. The summed E-state index contributed by atoms with van der Waals surface area (Å²) < 4.78 is 2.32. The molecule has 0 radical (unpaired) electrons. The summed E-state index contributed by atoms with van der Waals surface area (Å²) in [4.78, 5) is 7.27. The Labute approximate surface area is 171 Å². The molecule has 28 heavy (non-hydrogen) atoms. The molecule has 1 aliphatic heterocycles. The summed E-state index contributed by atoms with van der Waals surface area (Å²) >= 11 is 0. The summed E-state index contributed by atoms with van der Waals surface area (Å²) in [5.74, 6) is 3.16. The highest BCUT2D eigenvalue weighted by atomic mass is 15.3. The van der Waals surface area contributed by atoms with Crippen LogP contribution in [0.15, 0.2) is 4.99 Å². The summed E-state index contributed by atoms with van der Waals surface area (Å²) in [6.45, 7) is 15.9. The van der Waals surface area contributed by atoms with Gasteiger partial charge in [-0.1, -0.05) is 6.42 Å². The van der Waals surface area contributed by atoms with Crippen molar-refractivity contribution in [3.8, 4) is 0 Å². The van der Waals surface area contributed by atoms with Gasteiger partial charge in [-0.3, -0.25) is 9.89 Å². The molecule has 0 saturated heterocycles. The third-order valence-corrected chi connectivity index (χ3v) is 5.34. The second kappa shape index (κ2) is 12.0. The number of fused-ring (bicyclic) bond motifs is 1. The van der Waals surface area contributed by atoms with Crippen molar-refractivity contribution in [2.24, 2.45) is 4.99 Å². The molecule has 2 N–H and O–H groups in total. The van der Waals surface area contributed by atoms with Crippen LogP contribution in [-0.4, -0.2) is 63.9 Å². The maximum absolute atomic E-state index is 4.75. The number of aliphatic imine (C=N–C) groups is 1. The van der Waals surface area contributed by atoms with Crippen LogP contribution in [0.1, 0.15) is 72.0 Å². The Morgan fingerprint density at radius 1 is 1.11 bits per heavy atom. The predicted octanol–water partition coefficient (Wildman–Crippen LogP) is 2.61. The minimum Gasteiger partial charge on any atom is -0.357 e. The van der Waals surface area contributed by atoms with Gasteiger partial charge in [0.05, 0.1) is 0 Å². The minimum atomic E-state index is 0.577. The van der Waals surface area contributed by atoms with E-state index in [1.54, 1.807) is 0 Å². The van der Waals surface area contributed by atoms with Crippen molar-refractivity contribution >= 4 is 5.96 Å². The van der Waals surface area contributed by atoms with Gasteiger partial charge in [0.2, 0.25) is 0 Å². The van der Waals surface area contributed by atoms with E-state index in [0.29, 0.717) is 12.1 Å². The lowest BCUT2D eigenvalue weighted by atomic mass is 10.2. The molecular weight excluding hydrogens is 350 g/mol. The SMILES string of the molecule is CCNC(=NCCCN(C(C)C)C(C)C)NCCc1nnc2n1CCCCC2. The zero-order chi connectivity index (χ0) is 20.4. The lowest BCUT2D eigenvalue weighted by molar-refractivity contribution is 0.174. The van der Waals surface area contributed by atoms with Crippen LogP contribution in [-0.2, 0) is 19.4 Å². The lowest BCUT2D eigenvalue weighted by Crippen LogP contribution is -2.39. The van der Waals surface area contributed by atoms with E-state index in [-0.39, 0.29) is 0 Å². The number of aromatic nitrogens is 3. The fourth-order valence-corrected chi connectivity index (χ4v) is 3.92. The first kappa shape index (κ1) is 22.7. The van der Waals surface area contributed by atoms with E-state index in [1.165, 1.54) is 19.3 Å². The molecular formula is C21H41N7. The molecule has 1 aromatic heterocycles. The molecule has 0 atom stereocenters. The molecule has 0 unspecified atom stereocenters. The summed E-state index contributed by atoms with van der Waals surface area (Å²) in [5.41, 5.74) is 0. The Morgan fingerprint density at radius 3 is 2.61 bits per heavy atom. The van der Waals surface area contributed by atoms with Crippen LogP contribution in [0.25, 0.3) is 0 Å². The summed E-state index contributed by atoms with van der Waals surface area (Å²) in [7, 11) is 0. The maximum atomic E-state index is 4.75. The molecule has 0 fully saturated rings. The van der Waals surface area contributed by atoms with Gasteiger partial charge >= 0.3 is 0 Å². The van der Waals surface area contributed by atoms with Gasteiger partial charge in [-0.2, -0.15) is 0 Å². The van der Waals surface area contributed by atoms with E-state index in [1.807, 2.05) is 0 Å². The Morgan fingerprint density at radius 2 is 1.89 bits per heavy atom. The molecule has 0 aromatic carbocycles.